The summed E-state index contributed by atoms with van der Waals surface area (Å²) in [6.07, 6.45) is 1.74. The summed E-state index contributed by atoms with van der Waals surface area (Å²) in [7, 11) is 0. The van der Waals surface area contributed by atoms with E-state index in [9.17, 15) is 4.79 Å². The SMILES string of the molecule is O=C1NC(=Nc2ccccc2)S/C1=C/c1ccc(-c2ccccc2)o1. The number of para-hydroxylation sites is 1. The molecule has 0 bridgehead atoms. The lowest BCUT2D eigenvalue weighted by Gasteiger charge is -1.95. The Labute approximate surface area is 149 Å². The van der Waals surface area contributed by atoms with E-state index in [0.717, 1.165) is 17.0 Å². The van der Waals surface area contributed by atoms with E-state index in [2.05, 4.69) is 10.3 Å². The number of hydrogen-bond acceptors (Lipinski definition) is 4. The maximum absolute atomic E-state index is 12.1. The van der Waals surface area contributed by atoms with Gasteiger partial charge in [-0.15, -0.1) is 0 Å². The number of benzene rings is 2. The molecular formula is C20H14N2O2S. The van der Waals surface area contributed by atoms with E-state index < -0.39 is 0 Å². The summed E-state index contributed by atoms with van der Waals surface area (Å²) in [5.74, 6) is 1.24. The van der Waals surface area contributed by atoms with Crippen molar-refractivity contribution in [1.29, 1.82) is 0 Å². The summed E-state index contributed by atoms with van der Waals surface area (Å²) in [6, 6.07) is 23.1. The molecule has 1 N–H and O–H groups in total. The van der Waals surface area contributed by atoms with Crippen LogP contribution in [0.2, 0.25) is 0 Å². The second-order valence-electron chi connectivity index (χ2n) is 5.39. The monoisotopic (exact) mass is 346 g/mol. The predicted octanol–water partition coefficient (Wildman–Crippen LogP) is 4.84. The Morgan fingerprint density at radius 1 is 0.920 bits per heavy atom. The minimum absolute atomic E-state index is 0.169. The van der Waals surface area contributed by atoms with Crippen LogP contribution in [-0.2, 0) is 4.79 Å². The smallest absolute Gasteiger partial charge is 0.264 e. The van der Waals surface area contributed by atoms with E-state index in [0.29, 0.717) is 15.8 Å². The zero-order valence-corrected chi connectivity index (χ0v) is 14.0. The molecule has 0 unspecified atom stereocenters. The molecule has 1 aliphatic heterocycles. The Bertz CT molecular complexity index is 960. The number of carbonyl (C=O) groups is 1. The summed E-state index contributed by atoms with van der Waals surface area (Å²) >= 11 is 1.30. The van der Waals surface area contributed by atoms with Gasteiger partial charge in [0.25, 0.3) is 5.91 Å². The molecule has 0 aliphatic carbocycles. The Kier molecular flexibility index (Phi) is 4.23. The van der Waals surface area contributed by atoms with E-state index in [4.69, 9.17) is 4.42 Å². The molecular weight excluding hydrogens is 332 g/mol. The van der Waals surface area contributed by atoms with Crippen molar-refractivity contribution in [2.75, 3.05) is 0 Å². The molecule has 5 heteroatoms. The third-order valence-electron chi connectivity index (χ3n) is 3.60. The van der Waals surface area contributed by atoms with Crippen molar-refractivity contribution in [2.24, 2.45) is 4.99 Å². The Hall–Kier alpha value is -3.05. The maximum Gasteiger partial charge on any atom is 0.264 e. The average molecular weight is 346 g/mol. The third kappa shape index (κ3) is 3.56. The largest absolute Gasteiger partial charge is 0.457 e. The van der Waals surface area contributed by atoms with Gasteiger partial charge in [-0.25, -0.2) is 4.99 Å². The number of furan rings is 1. The van der Waals surface area contributed by atoms with Gasteiger partial charge < -0.3 is 9.73 Å². The first-order chi connectivity index (χ1) is 12.3. The molecule has 0 radical (unpaired) electrons. The van der Waals surface area contributed by atoms with Gasteiger partial charge >= 0.3 is 0 Å². The summed E-state index contributed by atoms with van der Waals surface area (Å²) in [6.45, 7) is 0. The number of amidine groups is 1. The molecule has 4 rings (SSSR count). The lowest BCUT2D eigenvalue weighted by atomic mass is 10.2. The van der Waals surface area contributed by atoms with Crippen LogP contribution in [0.4, 0.5) is 5.69 Å². The van der Waals surface area contributed by atoms with Gasteiger partial charge in [0.15, 0.2) is 5.17 Å². The van der Waals surface area contributed by atoms with Crippen molar-refractivity contribution in [3.8, 4) is 11.3 Å². The Morgan fingerprint density at radius 3 is 2.40 bits per heavy atom. The average Bonchev–Trinajstić information content (AvgIpc) is 3.24. The zero-order chi connectivity index (χ0) is 17.1. The van der Waals surface area contributed by atoms with Crippen molar-refractivity contribution in [3.05, 3.63) is 83.5 Å². The van der Waals surface area contributed by atoms with Gasteiger partial charge in [0, 0.05) is 11.6 Å². The van der Waals surface area contributed by atoms with Crippen LogP contribution in [0.25, 0.3) is 17.4 Å². The summed E-state index contributed by atoms with van der Waals surface area (Å²) in [4.78, 5) is 17.1. The van der Waals surface area contributed by atoms with E-state index in [1.807, 2.05) is 72.8 Å². The van der Waals surface area contributed by atoms with Crippen LogP contribution in [-0.4, -0.2) is 11.1 Å². The van der Waals surface area contributed by atoms with Gasteiger partial charge in [-0.1, -0.05) is 48.5 Å². The number of thioether (sulfide) groups is 1. The maximum atomic E-state index is 12.1. The Morgan fingerprint density at radius 2 is 1.64 bits per heavy atom. The first-order valence-corrected chi connectivity index (χ1v) is 8.59. The van der Waals surface area contributed by atoms with Crippen molar-refractivity contribution < 1.29 is 9.21 Å². The van der Waals surface area contributed by atoms with Crippen LogP contribution in [0, 0.1) is 0 Å². The lowest BCUT2D eigenvalue weighted by Crippen LogP contribution is -2.19. The van der Waals surface area contributed by atoms with Gasteiger partial charge in [-0.05, 0) is 36.0 Å². The molecule has 2 heterocycles. The van der Waals surface area contributed by atoms with Crippen LogP contribution in [0.15, 0.2) is 87.1 Å². The zero-order valence-electron chi connectivity index (χ0n) is 13.2. The highest BCUT2D eigenvalue weighted by atomic mass is 32.2. The number of amides is 1. The lowest BCUT2D eigenvalue weighted by molar-refractivity contribution is -0.115. The van der Waals surface area contributed by atoms with E-state index >= 15 is 0 Å². The van der Waals surface area contributed by atoms with Crippen molar-refractivity contribution >= 4 is 34.6 Å². The Balaban J connectivity index is 1.55. The first kappa shape index (κ1) is 15.5. The number of rotatable bonds is 3. The van der Waals surface area contributed by atoms with Crippen molar-refractivity contribution in [1.82, 2.24) is 5.32 Å². The van der Waals surface area contributed by atoms with Gasteiger partial charge in [-0.2, -0.15) is 0 Å². The normalized spacial score (nSPS) is 17.2. The molecule has 1 aromatic heterocycles. The number of carbonyl (C=O) groups excluding carboxylic acids is 1. The first-order valence-electron chi connectivity index (χ1n) is 7.78. The minimum atomic E-state index is -0.169. The van der Waals surface area contributed by atoms with Crippen LogP contribution in [0.1, 0.15) is 5.76 Å². The second kappa shape index (κ2) is 6.83. The van der Waals surface area contributed by atoms with Gasteiger partial charge in [0.05, 0.1) is 10.6 Å². The minimum Gasteiger partial charge on any atom is -0.457 e. The van der Waals surface area contributed by atoms with Crippen LogP contribution >= 0.6 is 11.8 Å². The standard InChI is InChI=1S/C20H14N2O2S/c23-19-18(25-20(22-19)21-15-9-5-2-6-10-15)13-16-11-12-17(24-16)14-7-3-1-4-8-14/h1-13H,(H,21,22,23)/b18-13+. The van der Waals surface area contributed by atoms with Gasteiger partial charge in [0.2, 0.25) is 0 Å². The molecule has 1 fully saturated rings. The van der Waals surface area contributed by atoms with E-state index in [-0.39, 0.29) is 5.91 Å². The third-order valence-corrected chi connectivity index (χ3v) is 4.51. The molecule has 3 aromatic rings. The highest BCUT2D eigenvalue weighted by Crippen LogP contribution is 2.29. The number of hydrogen-bond donors (Lipinski definition) is 1. The number of nitrogens with zero attached hydrogens (tertiary/aromatic N) is 1. The summed E-state index contributed by atoms with van der Waals surface area (Å²) < 4.78 is 5.82. The highest BCUT2D eigenvalue weighted by molar-refractivity contribution is 8.18. The number of aliphatic imine (C=N–C) groups is 1. The molecule has 2 aromatic carbocycles. The highest BCUT2D eigenvalue weighted by Gasteiger charge is 2.24. The van der Waals surface area contributed by atoms with Crippen molar-refractivity contribution in [3.63, 3.8) is 0 Å². The topological polar surface area (TPSA) is 54.6 Å². The van der Waals surface area contributed by atoms with Crippen LogP contribution < -0.4 is 5.32 Å². The van der Waals surface area contributed by atoms with Crippen molar-refractivity contribution in [2.45, 2.75) is 0 Å². The van der Waals surface area contributed by atoms with Gasteiger partial charge in [-0.3, -0.25) is 4.79 Å². The molecule has 25 heavy (non-hydrogen) atoms. The molecule has 0 spiro atoms. The van der Waals surface area contributed by atoms with E-state index in [1.165, 1.54) is 11.8 Å². The fraction of sp³-hybridized carbons (Fsp3) is 0. The molecule has 1 aliphatic rings. The molecule has 122 valence electrons. The van der Waals surface area contributed by atoms with Gasteiger partial charge in [0.1, 0.15) is 11.5 Å². The number of nitrogens with one attached hydrogen (secondary N) is 1. The quantitative estimate of drug-likeness (QED) is 0.691. The fourth-order valence-electron chi connectivity index (χ4n) is 2.42. The van der Waals surface area contributed by atoms with E-state index in [1.54, 1.807) is 6.08 Å². The second-order valence-corrected chi connectivity index (χ2v) is 6.42. The molecule has 0 saturated carbocycles. The van der Waals surface area contributed by atoms with Crippen LogP contribution in [0.3, 0.4) is 0 Å². The van der Waals surface area contributed by atoms with Crippen LogP contribution in [0.5, 0.6) is 0 Å². The fourth-order valence-corrected chi connectivity index (χ4v) is 3.24. The predicted molar refractivity (Wildman–Crippen MR) is 101 cm³/mol. The molecule has 4 nitrogen and oxygen atoms in total. The summed E-state index contributed by atoms with van der Waals surface area (Å²) in [5.41, 5.74) is 1.80. The molecule has 0 atom stereocenters. The molecule has 1 amide bonds. The summed E-state index contributed by atoms with van der Waals surface area (Å²) in [5, 5.41) is 3.34. The molecule has 1 saturated heterocycles.